The van der Waals surface area contributed by atoms with Gasteiger partial charge in [-0.05, 0) is 31.0 Å². The van der Waals surface area contributed by atoms with Gasteiger partial charge in [0, 0.05) is 11.5 Å². The molecule has 0 amide bonds. The van der Waals surface area contributed by atoms with Gasteiger partial charge in [0.1, 0.15) is 5.82 Å². The second-order valence-electron chi connectivity index (χ2n) is 5.13. The molecule has 0 N–H and O–H groups in total. The van der Waals surface area contributed by atoms with E-state index in [1.165, 1.54) is 4.52 Å². The van der Waals surface area contributed by atoms with Crippen LogP contribution in [0, 0.1) is 5.82 Å². The van der Waals surface area contributed by atoms with E-state index in [2.05, 4.69) is 15.3 Å². The summed E-state index contributed by atoms with van der Waals surface area (Å²) in [5.41, 5.74) is -1.08. The van der Waals surface area contributed by atoms with Gasteiger partial charge in [-0.25, -0.2) is 4.39 Å². The lowest BCUT2D eigenvalue weighted by molar-refractivity contribution is -0.137. The molecule has 3 aromatic rings. The number of fused-ring (bicyclic) bond motifs is 1. The number of alkyl halides is 3. The van der Waals surface area contributed by atoms with E-state index in [1.54, 1.807) is 0 Å². The second kappa shape index (κ2) is 4.48. The number of hydrogen-bond donors (Lipinski definition) is 0. The van der Waals surface area contributed by atoms with Crippen molar-refractivity contribution in [3.8, 4) is 10.6 Å². The molecule has 1 fully saturated rings. The fourth-order valence-corrected chi connectivity index (χ4v) is 3.07. The third kappa shape index (κ3) is 2.16. The molecule has 0 aliphatic heterocycles. The van der Waals surface area contributed by atoms with Crippen LogP contribution in [-0.2, 0) is 6.18 Å². The number of benzene rings is 1. The van der Waals surface area contributed by atoms with E-state index in [1.807, 2.05) is 0 Å². The average molecular weight is 328 g/mol. The summed E-state index contributed by atoms with van der Waals surface area (Å²) in [6.45, 7) is 0. The van der Waals surface area contributed by atoms with Crippen LogP contribution in [0.1, 0.15) is 30.1 Å². The lowest BCUT2D eigenvalue weighted by Gasteiger charge is -2.08. The van der Waals surface area contributed by atoms with Crippen LogP contribution in [0.4, 0.5) is 17.6 Å². The molecule has 1 aliphatic rings. The van der Waals surface area contributed by atoms with E-state index >= 15 is 0 Å². The summed E-state index contributed by atoms with van der Waals surface area (Å²) in [5.74, 6) is 0.229. The molecule has 114 valence electrons. The third-order valence-electron chi connectivity index (χ3n) is 3.48. The highest BCUT2D eigenvalue weighted by molar-refractivity contribution is 7.19. The molecule has 0 atom stereocenters. The van der Waals surface area contributed by atoms with Crippen LogP contribution in [0.15, 0.2) is 18.2 Å². The Balaban J connectivity index is 1.84. The predicted octanol–water partition coefficient (Wildman–Crippen LogP) is 3.89. The number of nitrogens with zero attached hydrogens (tertiary/aromatic N) is 4. The lowest BCUT2D eigenvalue weighted by Crippen LogP contribution is -2.05. The standard InChI is InChI=1S/C13H8F4N4S/c14-9-4-3-7(13(15,16)17)5-8(9)11-20-21-10(6-1-2-6)18-19-12(21)22-11/h3-6H,1-2H2. The van der Waals surface area contributed by atoms with Crippen LogP contribution in [-0.4, -0.2) is 19.8 Å². The van der Waals surface area contributed by atoms with E-state index in [-0.39, 0.29) is 16.5 Å². The molecule has 9 heteroatoms. The SMILES string of the molecule is Fc1ccc(C(F)(F)F)cc1-c1nn2c(C3CC3)nnc2s1. The first-order valence-electron chi connectivity index (χ1n) is 6.53. The molecule has 1 aromatic carbocycles. The van der Waals surface area contributed by atoms with Crippen molar-refractivity contribution in [3.05, 3.63) is 35.4 Å². The van der Waals surface area contributed by atoms with Crippen molar-refractivity contribution in [1.29, 1.82) is 0 Å². The lowest BCUT2D eigenvalue weighted by atomic mass is 10.1. The first-order valence-corrected chi connectivity index (χ1v) is 7.34. The van der Waals surface area contributed by atoms with Crippen LogP contribution in [0.2, 0.25) is 0 Å². The minimum absolute atomic E-state index is 0.162. The summed E-state index contributed by atoms with van der Waals surface area (Å²) >= 11 is 1.02. The summed E-state index contributed by atoms with van der Waals surface area (Å²) in [4.78, 5) is 0.453. The Hall–Kier alpha value is -2.03. The van der Waals surface area contributed by atoms with E-state index in [0.717, 1.165) is 36.3 Å². The number of aromatic nitrogens is 4. The van der Waals surface area contributed by atoms with Crippen LogP contribution >= 0.6 is 11.3 Å². The van der Waals surface area contributed by atoms with Gasteiger partial charge < -0.3 is 0 Å². The molecule has 0 radical (unpaired) electrons. The van der Waals surface area contributed by atoms with E-state index in [9.17, 15) is 17.6 Å². The summed E-state index contributed by atoms with van der Waals surface area (Å²) in [6.07, 6.45) is -2.54. The fraction of sp³-hybridized carbons (Fsp3) is 0.308. The maximum atomic E-state index is 13.9. The molecule has 0 unspecified atom stereocenters. The van der Waals surface area contributed by atoms with Crippen molar-refractivity contribution in [3.63, 3.8) is 0 Å². The van der Waals surface area contributed by atoms with Gasteiger partial charge in [0.15, 0.2) is 10.8 Å². The average Bonchev–Trinajstić information content (AvgIpc) is 3.07. The third-order valence-corrected chi connectivity index (χ3v) is 4.41. The predicted molar refractivity (Wildman–Crippen MR) is 71.0 cm³/mol. The van der Waals surface area contributed by atoms with Gasteiger partial charge in [-0.3, -0.25) is 0 Å². The largest absolute Gasteiger partial charge is 0.416 e. The fourth-order valence-electron chi connectivity index (χ4n) is 2.20. The highest BCUT2D eigenvalue weighted by Crippen LogP contribution is 2.40. The molecule has 2 heterocycles. The van der Waals surface area contributed by atoms with Gasteiger partial charge in [-0.1, -0.05) is 11.3 Å². The van der Waals surface area contributed by atoms with Crippen LogP contribution in [0.5, 0.6) is 0 Å². The quantitative estimate of drug-likeness (QED) is 0.670. The topological polar surface area (TPSA) is 43.1 Å². The normalized spacial score (nSPS) is 15.6. The zero-order valence-corrected chi connectivity index (χ0v) is 11.7. The summed E-state index contributed by atoms with van der Waals surface area (Å²) < 4.78 is 53.7. The van der Waals surface area contributed by atoms with E-state index < -0.39 is 17.6 Å². The number of rotatable bonds is 2. The number of hydrogen-bond acceptors (Lipinski definition) is 4. The highest BCUT2D eigenvalue weighted by Gasteiger charge is 2.33. The second-order valence-corrected chi connectivity index (χ2v) is 6.08. The Labute approximate surface area is 125 Å². The Kier molecular flexibility index (Phi) is 2.77. The highest BCUT2D eigenvalue weighted by atomic mass is 32.1. The smallest absolute Gasteiger partial charge is 0.206 e. The monoisotopic (exact) mass is 328 g/mol. The maximum absolute atomic E-state index is 13.9. The van der Waals surface area contributed by atoms with Crippen molar-refractivity contribution in [2.75, 3.05) is 0 Å². The Morgan fingerprint density at radius 2 is 1.95 bits per heavy atom. The van der Waals surface area contributed by atoms with E-state index in [0.29, 0.717) is 16.9 Å². The van der Waals surface area contributed by atoms with Gasteiger partial charge >= 0.3 is 6.18 Å². The Bertz CT molecular complexity index is 863. The molecular formula is C13H8F4N4S. The summed E-state index contributed by atoms with van der Waals surface area (Å²) in [6, 6.07) is 2.30. The molecular weight excluding hydrogens is 320 g/mol. The summed E-state index contributed by atoms with van der Waals surface area (Å²) in [5, 5.41) is 12.3. The van der Waals surface area contributed by atoms with Gasteiger partial charge in [0.25, 0.3) is 0 Å². The van der Waals surface area contributed by atoms with Gasteiger partial charge in [0.2, 0.25) is 4.96 Å². The van der Waals surface area contributed by atoms with Crippen molar-refractivity contribution in [1.82, 2.24) is 19.8 Å². The van der Waals surface area contributed by atoms with E-state index in [4.69, 9.17) is 0 Å². The van der Waals surface area contributed by atoms with Crippen LogP contribution < -0.4 is 0 Å². The van der Waals surface area contributed by atoms with Crippen molar-refractivity contribution >= 4 is 16.3 Å². The van der Waals surface area contributed by atoms with Crippen molar-refractivity contribution in [2.45, 2.75) is 24.9 Å². The molecule has 0 saturated heterocycles. The molecule has 1 aliphatic carbocycles. The first kappa shape index (κ1) is 13.6. The maximum Gasteiger partial charge on any atom is 0.416 e. The Morgan fingerprint density at radius 3 is 2.64 bits per heavy atom. The van der Waals surface area contributed by atoms with Crippen molar-refractivity contribution in [2.24, 2.45) is 0 Å². The van der Waals surface area contributed by atoms with Gasteiger partial charge in [-0.2, -0.15) is 22.8 Å². The molecule has 4 nitrogen and oxygen atoms in total. The van der Waals surface area contributed by atoms with Crippen molar-refractivity contribution < 1.29 is 17.6 Å². The molecule has 1 saturated carbocycles. The summed E-state index contributed by atoms with van der Waals surface area (Å²) in [7, 11) is 0. The molecule has 0 bridgehead atoms. The Morgan fingerprint density at radius 1 is 1.18 bits per heavy atom. The minimum Gasteiger partial charge on any atom is -0.206 e. The molecule has 2 aromatic heterocycles. The zero-order chi connectivity index (χ0) is 15.5. The van der Waals surface area contributed by atoms with Crippen LogP contribution in [0.3, 0.4) is 0 Å². The molecule has 4 rings (SSSR count). The molecule has 0 spiro atoms. The number of halogens is 4. The molecule has 22 heavy (non-hydrogen) atoms. The van der Waals surface area contributed by atoms with Crippen LogP contribution in [0.25, 0.3) is 15.5 Å². The zero-order valence-electron chi connectivity index (χ0n) is 10.9. The van der Waals surface area contributed by atoms with Gasteiger partial charge in [-0.15, -0.1) is 10.2 Å². The minimum atomic E-state index is -4.53. The van der Waals surface area contributed by atoms with Gasteiger partial charge in [0.05, 0.1) is 5.56 Å². The first-order chi connectivity index (χ1) is 10.4.